The Labute approximate surface area is 140 Å². The lowest BCUT2D eigenvalue weighted by Gasteiger charge is -2.33. The van der Waals surface area contributed by atoms with E-state index in [1.807, 2.05) is 18.2 Å². The summed E-state index contributed by atoms with van der Waals surface area (Å²) >= 11 is 0. The van der Waals surface area contributed by atoms with Crippen LogP contribution in [0.2, 0.25) is 0 Å². The highest BCUT2D eigenvalue weighted by Gasteiger charge is 2.35. The minimum atomic E-state index is -0.0200. The maximum Gasteiger partial charge on any atom is 0.223 e. The van der Waals surface area contributed by atoms with Gasteiger partial charge in [0.05, 0.1) is 6.04 Å². The van der Waals surface area contributed by atoms with Crippen molar-refractivity contribution < 1.29 is 4.79 Å². The summed E-state index contributed by atoms with van der Waals surface area (Å²) in [5, 5.41) is 3.28. The quantitative estimate of drug-likeness (QED) is 0.887. The topological polar surface area (TPSA) is 55.1 Å². The van der Waals surface area contributed by atoms with E-state index in [0.717, 1.165) is 19.3 Å². The van der Waals surface area contributed by atoms with E-state index in [0.29, 0.717) is 12.5 Å². The van der Waals surface area contributed by atoms with Gasteiger partial charge in [-0.15, -0.1) is 12.4 Å². The molecule has 1 fully saturated rings. The normalized spacial score (nSPS) is 22.7. The van der Waals surface area contributed by atoms with Gasteiger partial charge in [0, 0.05) is 5.92 Å². The lowest BCUT2D eigenvalue weighted by molar-refractivity contribution is -0.127. The largest absolute Gasteiger partial charge is 0.349 e. The standard InChI is InChI=1S/C18H28N2O.ClH/c1-18(2,3)16(13-8-5-4-6-9-13)20-17(21)15-11-7-10-14(15)12-19;/h4-6,8-9,14-16H,7,10-12,19H2,1-3H3,(H,20,21);1H/t14-,15-,16?;/m1./s1. The summed E-state index contributed by atoms with van der Waals surface area (Å²) in [4.78, 5) is 12.7. The first-order valence-electron chi connectivity index (χ1n) is 7.99. The smallest absolute Gasteiger partial charge is 0.223 e. The van der Waals surface area contributed by atoms with Crippen LogP contribution in [0, 0.1) is 17.3 Å². The number of hydrogen-bond donors (Lipinski definition) is 2. The first kappa shape index (κ1) is 19.0. The third kappa shape index (κ3) is 4.47. The second kappa shape index (κ2) is 7.98. The lowest BCUT2D eigenvalue weighted by Crippen LogP contribution is -2.41. The molecule has 1 aliphatic carbocycles. The Hall–Kier alpha value is -1.06. The number of nitrogens with one attached hydrogen (secondary N) is 1. The van der Waals surface area contributed by atoms with Crippen LogP contribution in [0.1, 0.15) is 51.6 Å². The van der Waals surface area contributed by atoms with E-state index < -0.39 is 0 Å². The van der Waals surface area contributed by atoms with Gasteiger partial charge in [0.2, 0.25) is 5.91 Å². The van der Waals surface area contributed by atoms with E-state index in [9.17, 15) is 4.79 Å². The molecule has 4 heteroatoms. The number of benzene rings is 1. The minimum Gasteiger partial charge on any atom is -0.349 e. The van der Waals surface area contributed by atoms with Gasteiger partial charge in [-0.1, -0.05) is 57.5 Å². The van der Waals surface area contributed by atoms with Crippen LogP contribution in [-0.2, 0) is 4.79 Å². The minimum absolute atomic E-state index is 0. The summed E-state index contributed by atoms with van der Waals surface area (Å²) in [7, 11) is 0. The number of carbonyl (C=O) groups excluding carboxylic acids is 1. The van der Waals surface area contributed by atoms with Crippen LogP contribution in [0.3, 0.4) is 0 Å². The number of rotatable bonds is 4. The summed E-state index contributed by atoms with van der Waals surface area (Å²) in [6, 6.07) is 10.3. The maximum atomic E-state index is 12.7. The van der Waals surface area contributed by atoms with E-state index >= 15 is 0 Å². The third-order valence-electron chi connectivity index (χ3n) is 4.58. The number of nitrogens with two attached hydrogens (primary N) is 1. The summed E-state index contributed by atoms with van der Waals surface area (Å²) in [5.74, 6) is 0.608. The number of hydrogen-bond acceptors (Lipinski definition) is 2. The van der Waals surface area contributed by atoms with Crippen molar-refractivity contribution in [3.8, 4) is 0 Å². The summed E-state index contributed by atoms with van der Waals surface area (Å²) in [6.45, 7) is 7.11. The molecule has 1 saturated carbocycles. The zero-order chi connectivity index (χ0) is 15.5. The molecule has 0 radical (unpaired) electrons. The molecule has 1 unspecified atom stereocenters. The molecule has 0 aromatic heterocycles. The van der Waals surface area contributed by atoms with Crippen LogP contribution in [0.5, 0.6) is 0 Å². The van der Waals surface area contributed by atoms with Crippen molar-refractivity contribution in [3.63, 3.8) is 0 Å². The van der Waals surface area contributed by atoms with Crippen molar-refractivity contribution in [1.29, 1.82) is 0 Å². The number of halogens is 1. The molecule has 1 aromatic carbocycles. The average molecular weight is 325 g/mol. The van der Waals surface area contributed by atoms with Gasteiger partial charge in [0.1, 0.15) is 0 Å². The molecule has 1 amide bonds. The van der Waals surface area contributed by atoms with Crippen LogP contribution in [0.4, 0.5) is 0 Å². The highest BCUT2D eigenvalue weighted by atomic mass is 35.5. The fourth-order valence-corrected chi connectivity index (χ4v) is 3.36. The summed E-state index contributed by atoms with van der Waals surface area (Å²) in [5.41, 5.74) is 6.96. The highest BCUT2D eigenvalue weighted by Crippen LogP contribution is 2.35. The van der Waals surface area contributed by atoms with Crippen LogP contribution in [0.25, 0.3) is 0 Å². The van der Waals surface area contributed by atoms with E-state index in [1.54, 1.807) is 0 Å². The Kier molecular flexibility index (Phi) is 6.89. The molecule has 0 aliphatic heterocycles. The van der Waals surface area contributed by atoms with Crippen molar-refractivity contribution in [1.82, 2.24) is 5.32 Å². The van der Waals surface area contributed by atoms with Gasteiger partial charge >= 0.3 is 0 Å². The van der Waals surface area contributed by atoms with Gasteiger partial charge in [-0.3, -0.25) is 4.79 Å². The van der Waals surface area contributed by atoms with E-state index in [4.69, 9.17) is 5.73 Å². The molecule has 1 aromatic rings. The third-order valence-corrected chi connectivity index (χ3v) is 4.58. The number of amides is 1. The zero-order valence-electron chi connectivity index (χ0n) is 13.8. The van der Waals surface area contributed by atoms with Gasteiger partial charge in [-0.25, -0.2) is 0 Å². The molecule has 3 nitrogen and oxygen atoms in total. The van der Waals surface area contributed by atoms with E-state index in [-0.39, 0.29) is 35.7 Å². The van der Waals surface area contributed by atoms with Crippen LogP contribution in [0.15, 0.2) is 30.3 Å². The molecule has 0 saturated heterocycles. The molecular formula is C18H29ClN2O. The van der Waals surface area contributed by atoms with Gasteiger partial charge in [0.25, 0.3) is 0 Å². The van der Waals surface area contributed by atoms with Gasteiger partial charge in [-0.05, 0) is 36.3 Å². The van der Waals surface area contributed by atoms with Crippen LogP contribution in [-0.4, -0.2) is 12.5 Å². The molecule has 0 bridgehead atoms. The second-order valence-electron chi connectivity index (χ2n) is 7.25. The predicted octanol–water partition coefficient (Wildman–Crippen LogP) is 3.69. The van der Waals surface area contributed by atoms with Crippen molar-refractivity contribution in [2.45, 2.75) is 46.1 Å². The van der Waals surface area contributed by atoms with Gasteiger partial charge in [0.15, 0.2) is 0 Å². The Morgan fingerprint density at radius 3 is 2.45 bits per heavy atom. The molecule has 2 rings (SSSR count). The molecule has 0 spiro atoms. The van der Waals surface area contributed by atoms with Crippen molar-refractivity contribution in [2.24, 2.45) is 23.0 Å². The molecule has 1 aliphatic rings. The first-order chi connectivity index (χ1) is 9.93. The van der Waals surface area contributed by atoms with Crippen molar-refractivity contribution in [2.75, 3.05) is 6.54 Å². The maximum absolute atomic E-state index is 12.7. The molecule has 0 heterocycles. The second-order valence-corrected chi connectivity index (χ2v) is 7.25. The lowest BCUT2D eigenvalue weighted by atomic mass is 9.81. The molecule has 124 valence electrons. The zero-order valence-corrected chi connectivity index (χ0v) is 14.7. The molecule has 3 atom stereocenters. The molecule has 3 N–H and O–H groups in total. The first-order valence-corrected chi connectivity index (χ1v) is 7.99. The highest BCUT2D eigenvalue weighted by molar-refractivity contribution is 5.85. The Balaban J connectivity index is 0.00000242. The summed E-state index contributed by atoms with van der Waals surface area (Å²) < 4.78 is 0. The average Bonchev–Trinajstić information content (AvgIpc) is 2.92. The number of carbonyl (C=O) groups is 1. The monoisotopic (exact) mass is 324 g/mol. The van der Waals surface area contributed by atoms with Crippen LogP contribution >= 0.6 is 12.4 Å². The van der Waals surface area contributed by atoms with Gasteiger partial charge < -0.3 is 11.1 Å². The van der Waals surface area contributed by atoms with Crippen molar-refractivity contribution >= 4 is 18.3 Å². The van der Waals surface area contributed by atoms with E-state index in [1.165, 1.54) is 5.56 Å². The summed E-state index contributed by atoms with van der Waals surface area (Å²) in [6.07, 6.45) is 3.17. The fourth-order valence-electron chi connectivity index (χ4n) is 3.36. The fraction of sp³-hybridized carbons (Fsp3) is 0.611. The Bertz CT molecular complexity index is 470. The Morgan fingerprint density at radius 1 is 1.27 bits per heavy atom. The predicted molar refractivity (Wildman–Crippen MR) is 93.9 cm³/mol. The van der Waals surface area contributed by atoms with E-state index in [2.05, 4.69) is 38.2 Å². The molecule has 22 heavy (non-hydrogen) atoms. The molecular weight excluding hydrogens is 296 g/mol. The Morgan fingerprint density at radius 2 is 1.91 bits per heavy atom. The van der Waals surface area contributed by atoms with Crippen LogP contribution < -0.4 is 11.1 Å². The van der Waals surface area contributed by atoms with Gasteiger partial charge in [-0.2, -0.15) is 0 Å². The van der Waals surface area contributed by atoms with Crippen molar-refractivity contribution in [3.05, 3.63) is 35.9 Å². The SMILES string of the molecule is CC(C)(C)C(NC(=O)[C@@H]1CCC[C@@H]1CN)c1ccccc1.Cl.